The monoisotopic (exact) mass is 328 g/mol. The van der Waals surface area contributed by atoms with E-state index in [2.05, 4.69) is 5.32 Å². The molecule has 2 aliphatic rings. The summed E-state index contributed by atoms with van der Waals surface area (Å²) in [7, 11) is 0. The van der Waals surface area contributed by atoms with Gasteiger partial charge in [-0.15, -0.1) is 0 Å². The quantitative estimate of drug-likeness (QED) is 0.919. The number of carbonyl (C=O) groups is 2. The summed E-state index contributed by atoms with van der Waals surface area (Å²) in [6.45, 7) is 2.30. The van der Waals surface area contributed by atoms with Gasteiger partial charge in [-0.25, -0.2) is 0 Å². The fraction of sp³-hybridized carbons (Fsp3) is 0.600. The maximum atomic E-state index is 12.4. The fourth-order valence-electron chi connectivity index (χ4n) is 3.74. The van der Waals surface area contributed by atoms with E-state index in [1.165, 1.54) is 25.7 Å². The Morgan fingerprint density at radius 3 is 2.21 bits per heavy atom. The van der Waals surface area contributed by atoms with Gasteiger partial charge in [-0.3, -0.25) is 9.59 Å². The fourth-order valence-corrected chi connectivity index (χ4v) is 3.74. The van der Waals surface area contributed by atoms with E-state index in [0.29, 0.717) is 6.54 Å². The Kier molecular flexibility index (Phi) is 5.89. The highest BCUT2D eigenvalue weighted by atomic mass is 16.2. The molecule has 130 valence electrons. The van der Waals surface area contributed by atoms with Crippen LogP contribution < -0.4 is 5.32 Å². The number of benzene rings is 1. The predicted molar refractivity (Wildman–Crippen MR) is 94.6 cm³/mol. The van der Waals surface area contributed by atoms with E-state index >= 15 is 0 Å². The van der Waals surface area contributed by atoms with Gasteiger partial charge in [0.1, 0.15) is 0 Å². The number of hydrogen-bond donors (Lipinski definition) is 1. The van der Waals surface area contributed by atoms with Gasteiger partial charge in [0.05, 0.1) is 0 Å². The van der Waals surface area contributed by atoms with Crippen molar-refractivity contribution in [1.82, 2.24) is 10.2 Å². The SMILES string of the molecule is O=C(NCc1ccc(C(=O)N2CCCCC2)cc1)C1CCCCC1. The standard InChI is InChI=1S/C20H28N2O2/c23-19(17-7-3-1-4-8-17)21-15-16-9-11-18(12-10-16)20(24)22-13-5-2-6-14-22/h9-12,17H,1-8,13-15H2,(H,21,23). The lowest BCUT2D eigenvalue weighted by Gasteiger charge is -2.26. The number of likely N-dealkylation sites (tertiary alicyclic amines) is 1. The Balaban J connectivity index is 1.50. The smallest absolute Gasteiger partial charge is 0.253 e. The van der Waals surface area contributed by atoms with Gasteiger partial charge in [-0.2, -0.15) is 0 Å². The second kappa shape index (κ2) is 8.32. The van der Waals surface area contributed by atoms with Crippen molar-refractivity contribution < 1.29 is 9.59 Å². The number of carbonyl (C=O) groups excluding carboxylic acids is 2. The molecule has 2 fully saturated rings. The van der Waals surface area contributed by atoms with Gasteiger partial charge >= 0.3 is 0 Å². The third-order valence-corrected chi connectivity index (χ3v) is 5.29. The number of hydrogen-bond acceptors (Lipinski definition) is 2. The first-order valence-electron chi connectivity index (χ1n) is 9.40. The maximum absolute atomic E-state index is 12.4. The van der Waals surface area contributed by atoms with E-state index in [-0.39, 0.29) is 17.7 Å². The molecule has 24 heavy (non-hydrogen) atoms. The van der Waals surface area contributed by atoms with Crippen LogP contribution in [0.2, 0.25) is 0 Å². The molecule has 4 nitrogen and oxygen atoms in total. The van der Waals surface area contributed by atoms with Crippen molar-refractivity contribution in [1.29, 1.82) is 0 Å². The molecule has 0 atom stereocenters. The predicted octanol–water partition coefficient (Wildman–Crippen LogP) is 3.51. The molecule has 0 radical (unpaired) electrons. The summed E-state index contributed by atoms with van der Waals surface area (Å²) in [5.41, 5.74) is 1.80. The highest BCUT2D eigenvalue weighted by Crippen LogP contribution is 2.23. The molecule has 3 rings (SSSR count). The van der Waals surface area contributed by atoms with Crippen LogP contribution in [0.5, 0.6) is 0 Å². The zero-order valence-corrected chi connectivity index (χ0v) is 14.4. The van der Waals surface area contributed by atoms with Gasteiger partial charge in [0, 0.05) is 31.1 Å². The van der Waals surface area contributed by atoms with Crippen LogP contribution in [-0.2, 0) is 11.3 Å². The molecular weight excluding hydrogens is 300 g/mol. The molecule has 1 aromatic rings. The van der Waals surface area contributed by atoms with E-state index in [4.69, 9.17) is 0 Å². The lowest BCUT2D eigenvalue weighted by atomic mass is 9.88. The van der Waals surface area contributed by atoms with Gasteiger partial charge in [-0.05, 0) is 49.8 Å². The van der Waals surface area contributed by atoms with E-state index in [1.54, 1.807) is 0 Å². The highest BCUT2D eigenvalue weighted by molar-refractivity contribution is 5.94. The number of rotatable bonds is 4. The minimum Gasteiger partial charge on any atom is -0.352 e. The number of piperidine rings is 1. The van der Waals surface area contributed by atoms with Gasteiger partial charge in [-0.1, -0.05) is 31.4 Å². The molecule has 1 aliphatic carbocycles. The van der Waals surface area contributed by atoms with Crippen molar-refractivity contribution in [2.45, 2.75) is 57.9 Å². The topological polar surface area (TPSA) is 49.4 Å². The van der Waals surface area contributed by atoms with E-state index in [1.807, 2.05) is 29.2 Å². The lowest BCUT2D eigenvalue weighted by Crippen LogP contribution is -2.35. The van der Waals surface area contributed by atoms with Crippen LogP contribution in [0, 0.1) is 5.92 Å². The Labute approximate surface area is 144 Å². The first kappa shape index (κ1) is 17.0. The average Bonchev–Trinajstić information content (AvgIpc) is 2.67. The Hall–Kier alpha value is -1.84. The summed E-state index contributed by atoms with van der Waals surface area (Å²) < 4.78 is 0. The van der Waals surface area contributed by atoms with Crippen molar-refractivity contribution in [2.24, 2.45) is 5.92 Å². The number of nitrogens with one attached hydrogen (secondary N) is 1. The largest absolute Gasteiger partial charge is 0.352 e. The van der Waals surface area contributed by atoms with Crippen molar-refractivity contribution in [2.75, 3.05) is 13.1 Å². The normalized spacial score (nSPS) is 19.1. The molecule has 0 spiro atoms. The third-order valence-electron chi connectivity index (χ3n) is 5.29. The molecule has 1 aliphatic heterocycles. The van der Waals surface area contributed by atoms with E-state index in [0.717, 1.165) is 49.9 Å². The van der Waals surface area contributed by atoms with Crippen LogP contribution in [-0.4, -0.2) is 29.8 Å². The van der Waals surface area contributed by atoms with Crippen molar-refractivity contribution in [3.05, 3.63) is 35.4 Å². The molecule has 2 amide bonds. The lowest BCUT2D eigenvalue weighted by molar-refractivity contribution is -0.126. The van der Waals surface area contributed by atoms with Crippen LogP contribution in [0.25, 0.3) is 0 Å². The molecule has 0 unspecified atom stereocenters. The second-order valence-corrected chi connectivity index (χ2v) is 7.10. The highest BCUT2D eigenvalue weighted by Gasteiger charge is 2.21. The van der Waals surface area contributed by atoms with Crippen LogP contribution in [0.4, 0.5) is 0 Å². The average molecular weight is 328 g/mol. The van der Waals surface area contributed by atoms with Gasteiger partial charge in [0.25, 0.3) is 5.91 Å². The van der Waals surface area contributed by atoms with Crippen molar-refractivity contribution in [3.63, 3.8) is 0 Å². The van der Waals surface area contributed by atoms with Crippen LogP contribution in [0.15, 0.2) is 24.3 Å². The molecule has 1 heterocycles. The summed E-state index contributed by atoms with van der Waals surface area (Å²) in [6, 6.07) is 7.69. The molecule has 4 heteroatoms. The summed E-state index contributed by atoms with van der Waals surface area (Å²) in [6.07, 6.45) is 9.09. The van der Waals surface area contributed by atoms with Crippen LogP contribution in [0.3, 0.4) is 0 Å². The molecule has 1 aromatic carbocycles. The summed E-state index contributed by atoms with van der Waals surface area (Å²) in [4.78, 5) is 26.6. The molecule has 1 saturated carbocycles. The summed E-state index contributed by atoms with van der Waals surface area (Å²) >= 11 is 0. The van der Waals surface area contributed by atoms with E-state index in [9.17, 15) is 9.59 Å². The van der Waals surface area contributed by atoms with Crippen LogP contribution >= 0.6 is 0 Å². The van der Waals surface area contributed by atoms with Crippen LogP contribution in [0.1, 0.15) is 67.3 Å². The third kappa shape index (κ3) is 4.37. The molecule has 0 bridgehead atoms. The van der Waals surface area contributed by atoms with Crippen molar-refractivity contribution >= 4 is 11.8 Å². The summed E-state index contributed by atoms with van der Waals surface area (Å²) in [5.74, 6) is 0.509. The van der Waals surface area contributed by atoms with Crippen molar-refractivity contribution in [3.8, 4) is 0 Å². The maximum Gasteiger partial charge on any atom is 0.253 e. The second-order valence-electron chi connectivity index (χ2n) is 7.10. The van der Waals surface area contributed by atoms with Gasteiger partial charge in [0.2, 0.25) is 5.91 Å². The molecule has 1 N–H and O–H groups in total. The first-order chi connectivity index (χ1) is 11.7. The minimum atomic E-state index is 0.132. The molecule has 0 aromatic heterocycles. The number of nitrogens with zero attached hydrogens (tertiary/aromatic N) is 1. The Morgan fingerprint density at radius 1 is 0.917 bits per heavy atom. The van der Waals surface area contributed by atoms with Gasteiger partial charge < -0.3 is 10.2 Å². The Morgan fingerprint density at radius 2 is 1.54 bits per heavy atom. The zero-order valence-electron chi connectivity index (χ0n) is 14.4. The molecular formula is C20H28N2O2. The Bertz CT molecular complexity index is 556. The van der Waals surface area contributed by atoms with Gasteiger partial charge in [0.15, 0.2) is 0 Å². The summed E-state index contributed by atoms with van der Waals surface area (Å²) in [5, 5.41) is 3.05. The minimum absolute atomic E-state index is 0.132. The molecule has 1 saturated heterocycles. The zero-order chi connectivity index (χ0) is 16.8. The number of amides is 2. The first-order valence-corrected chi connectivity index (χ1v) is 9.40. The van der Waals surface area contributed by atoms with E-state index < -0.39 is 0 Å².